The third-order valence-electron chi connectivity index (χ3n) is 3.37. The molecule has 1 aliphatic rings. The van der Waals surface area contributed by atoms with Crippen molar-refractivity contribution in [1.82, 2.24) is 0 Å². The molecule has 1 heterocycles. The molecule has 10 heteroatoms. The molecule has 3 N–H and O–H groups in total. The van der Waals surface area contributed by atoms with E-state index in [1.807, 2.05) is 0 Å². The van der Waals surface area contributed by atoms with Gasteiger partial charge in [0, 0.05) is 12.8 Å². The Morgan fingerprint density at radius 1 is 1.48 bits per heavy atom. The normalized spacial score (nSPS) is 36.2. The van der Waals surface area contributed by atoms with Gasteiger partial charge < -0.3 is 19.8 Å². The van der Waals surface area contributed by atoms with Gasteiger partial charge in [-0.25, -0.2) is 8.78 Å². The second-order valence-corrected chi connectivity index (χ2v) is 7.94. The molecule has 6 nitrogen and oxygen atoms in total. The number of hydrogen-bond donors (Lipinski definition) is 3. The van der Waals surface area contributed by atoms with Gasteiger partial charge in [-0.15, -0.1) is 0 Å². The molecular weight excluding hydrogens is 308 g/mol. The summed E-state index contributed by atoms with van der Waals surface area (Å²) in [6.45, 7) is 3.33. The first-order valence-electron chi connectivity index (χ1n) is 6.51. The van der Waals surface area contributed by atoms with Gasteiger partial charge in [0.15, 0.2) is 5.34 Å². The van der Waals surface area contributed by atoms with Crippen LogP contribution >= 0.6 is 7.60 Å². The summed E-state index contributed by atoms with van der Waals surface area (Å²) in [5.41, 5.74) is 0. The predicted molar refractivity (Wildman–Crippen MR) is 71.3 cm³/mol. The quantitative estimate of drug-likeness (QED) is 0.497. The summed E-state index contributed by atoms with van der Waals surface area (Å²) in [7, 11) is 0.548. The van der Waals surface area contributed by atoms with E-state index in [0.717, 1.165) is 13.8 Å². The number of aliphatic hydroxyl groups is 2. The van der Waals surface area contributed by atoms with Crippen LogP contribution in [0.4, 0.5) is 8.78 Å². The van der Waals surface area contributed by atoms with E-state index < -0.39 is 49.6 Å². The summed E-state index contributed by atoms with van der Waals surface area (Å²) < 4.78 is 49.2. The molecule has 0 aromatic carbocycles. The van der Waals surface area contributed by atoms with E-state index in [1.54, 1.807) is 0 Å². The van der Waals surface area contributed by atoms with Crippen molar-refractivity contribution in [2.45, 2.75) is 69.2 Å². The van der Waals surface area contributed by atoms with Crippen LogP contribution in [-0.4, -0.2) is 58.5 Å². The van der Waals surface area contributed by atoms with Crippen molar-refractivity contribution in [2.75, 3.05) is 0 Å². The van der Waals surface area contributed by atoms with Crippen molar-refractivity contribution in [1.29, 1.82) is 0 Å². The van der Waals surface area contributed by atoms with E-state index in [1.165, 1.54) is 6.92 Å². The molecule has 0 aromatic heterocycles. The maximum atomic E-state index is 14.6. The zero-order valence-electron chi connectivity index (χ0n) is 12.1. The average molecular weight is 328 g/mol. The number of hydrogen-bond acceptors (Lipinski definition) is 5. The zero-order valence-corrected chi connectivity index (χ0v) is 13.0. The Bertz CT molecular complexity index is 420. The molecule has 1 fully saturated rings. The topological polar surface area (TPSA) is 96.2 Å². The molecule has 2 radical (unpaired) electrons. The number of aliphatic hydroxyl groups excluding tert-OH is 1. The van der Waals surface area contributed by atoms with Gasteiger partial charge in [-0.2, -0.15) is 0 Å². The van der Waals surface area contributed by atoms with Gasteiger partial charge in [-0.1, -0.05) is 6.92 Å². The molecule has 1 rings (SSSR count). The summed E-state index contributed by atoms with van der Waals surface area (Å²) in [4.78, 5) is 9.60. The van der Waals surface area contributed by atoms with Crippen LogP contribution < -0.4 is 0 Å². The molecule has 6 atom stereocenters. The Morgan fingerprint density at radius 2 is 2.00 bits per heavy atom. The SMILES string of the molecule is [B][C@@H]1O[C@H](CC(F)(CC)OP(=O)(O)C(C)(C)O)[C@@H](O)[C@H]1F. The molecule has 2 unspecified atom stereocenters. The lowest BCUT2D eigenvalue weighted by atomic mass is 9.93. The minimum absolute atomic E-state index is 0.369. The molecule has 0 aromatic rings. The van der Waals surface area contributed by atoms with Gasteiger partial charge in [0.2, 0.25) is 5.85 Å². The highest BCUT2D eigenvalue weighted by Gasteiger charge is 2.50. The molecule has 21 heavy (non-hydrogen) atoms. The molecule has 1 saturated heterocycles. The monoisotopic (exact) mass is 328 g/mol. The molecule has 0 aliphatic carbocycles. The van der Waals surface area contributed by atoms with E-state index in [0.29, 0.717) is 0 Å². The van der Waals surface area contributed by atoms with Crippen molar-refractivity contribution in [2.24, 2.45) is 0 Å². The van der Waals surface area contributed by atoms with E-state index in [9.17, 15) is 28.5 Å². The first-order valence-corrected chi connectivity index (χ1v) is 8.09. The Morgan fingerprint density at radius 3 is 2.33 bits per heavy atom. The second kappa shape index (κ2) is 6.22. The standard InChI is InChI=1S/C11H20BF2O6P/c1-4-11(14,20-21(17,18)10(2,3)16)5-6-8(15)7(13)9(12)19-6/h6-9,15-16H,4-5H2,1-3H3,(H,17,18)/t6-,7-,8-,9-,11?/m1/s1. The first kappa shape index (κ1) is 19.0. The largest absolute Gasteiger partial charge is 0.387 e. The van der Waals surface area contributed by atoms with Crippen LogP contribution in [0.15, 0.2) is 0 Å². The van der Waals surface area contributed by atoms with Crippen molar-refractivity contribution < 1.29 is 37.7 Å². The Kier molecular flexibility index (Phi) is 5.63. The van der Waals surface area contributed by atoms with Gasteiger partial charge in [0.1, 0.15) is 20.1 Å². The summed E-state index contributed by atoms with van der Waals surface area (Å²) in [5, 5.41) is 16.9. The maximum Gasteiger partial charge on any atom is 0.361 e. The van der Waals surface area contributed by atoms with Crippen LogP contribution in [0.5, 0.6) is 0 Å². The summed E-state index contributed by atoms with van der Waals surface area (Å²) >= 11 is 0. The van der Waals surface area contributed by atoms with E-state index in [4.69, 9.17) is 12.6 Å². The molecule has 1 aliphatic heterocycles. The minimum atomic E-state index is -4.70. The molecule has 0 saturated carbocycles. The predicted octanol–water partition coefficient (Wildman–Crippen LogP) is 0.975. The highest BCUT2D eigenvalue weighted by molar-refractivity contribution is 7.54. The lowest BCUT2D eigenvalue weighted by Gasteiger charge is -2.33. The average Bonchev–Trinajstić information content (AvgIpc) is 2.55. The molecular formula is C11H20BF2O6P. The molecule has 0 spiro atoms. The number of rotatable bonds is 6. The second-order valence-electron chi connectivity index (χ2n) is 5.62. The summed E-state index contributed by atoms with van der Waals surface area (Å²) in [6, 6.07) is -1.40. The van der Waals surface area contributed by atoms with Crippen LogP contribution in [0.2, 0.25) is 0 Å². The third kappa shape index (κ3) is 4.24. The molecule has 122 valence electrons. The fourth-order valence-electron chi connectivity index (χ4n) is 1.81. The van der Waals surface area contributed by atoms with Crippen LogP contribution in [0, 0.1) is 0 Å². The number of alkyl halides is 2. The van der Waals surface area contributed by atoms with Gasteiger partial charge in [-0.3, -0.25) is 9.09 Å². The Labute approximate surface area is 123 Å². The molecule has 0 amide bonds. The Balaban J connectivity index is 2.85. The van der Waals surface area contributed by atoms with Crippen molar-refractivity contribution in [3.63, 3.8) is 0 Å². The van der Waals surface area contributed by atoms with Gasteiger partial charge >= 0.3 is 7.60 Å². The van der Waals surface area contributed by atoms with Crippen molar-refractivity contribution in [3.8, 4) is 0 Å². The third-order valence-corrected chi connectivity index (χ3v) is 5.32. The molecule has 0 bridgehead atoms. The number of ether oxygens (including phenoxy) is 1. The fraction of sp³-hybridized carbons (Fsp3) is 1.00. The van der Waals surface area contributed by atoms with Crippen LogP contribution in [0.25, 0.3) is 0 Å². The van der Waals surface area contributed by atoms with Gasteiger partial charge in [-0.05, 0) is 13.8 Å². The Hall–Kier alpha value is -0.0451. The van der Waals surface area contributed by atoms with Crippen LogP contribution in [0.1, 0.15) is 33.6 Å². The van der Waals surface area contributed by atoms with Crippen LogP contribution in [-0.2, 0) is 13.8 Å². The smallest absolute Gasteiger partial charge is 0.361 e. The van der Waals surface area contributed by atoms with Crippen LogP contribution in [0.3, 0.4) is 0 Å². The highest BCUT2D eigenvalue weighted by atomic mass is 31.2. The van der Waals surface area contributed by atoms with E-state index in [2.05, 4.69) is 4.52 Å². The van der Waals surface area contributed by atoms with Gasteiger partial charge in [0.05, 0.1) is 12.1 Å². The maximum absolute atomic E-state index is 14.6. The number of halogens is 2. The van der Waals surface area contributed by atoms with Crippen molar-refractivity contribution >= 4 is 15.4 Å². The van der Waals surface area contributed by atoms with E-state index in [-0.39, 0.29) is 6.42 Å². The fourth-order valence-corrected chi connectivity index (χ4v) is 2.68. The highest BCUT2D eigenvalue weighted by Crippen LogP contribution is 2.57. The zero-order chi connectivity index (χ0) is 16.6. The van der Waals surface area contributed by atoms with E-state index >= 15 is 0 Å². The summed E-state index contributed by atoms with van der Waals surface area (Å²) in [6.07, 6.45) is -5.93. The van der Waals surface area contributed by atoms with Crippen molar-refractivity contribution in [3.05, 3.63) is 0 Å². The summed E-state index contributed by atoms with van der Waals surface area (Å²) in [5.74, 6) is -2.68. The lowest BCUT2D eigenvalue weighted by molar-refractivity contribution is -0.123. The first-order chi connectivity index (χ1) is 9.33. The minimum Gasteiger partial charge on any atom is -0.387 e. The lowest BCUT2D eigenvalue weighted by Crippen LogP contribution is -2.38. The van der Waals surface area contributed by atoms with Gasteiger partial charge in [0.25, 0.3) is 0 Å².